The Morgan fingerprint density at radius 1 is 0.667 bits per heavy atom. The molecule has 0 aromatic heterocycles. The van der Waals surface area contributed by atoms with Gasteiger partial charge in [0.2, 0.25) is 0 Å². The van der Waals surface area contributed by atoms with E-state index in [1.165, 1.54) is 29.7 Å². The average Bonchev–Trinajstić information content (AvgIpc) is 2.75. The Morgan fingerprint density at radius 3 is 1.78 bits per heavy atom. The molecule has 0 saturated carbocycles. The minimum atomic E-state index is 0.657. The number of hydrogen-bond acceptors (Lipinski definition) is 3. The molecular formula is C24H21NO2. The highest BCUT2D eigenvalue weighted by Crippen LogP contribution is 2.39. The SMILES string of the molecule is O=Cc1ccc(N(c2ccc(C=O)cc2)c2cccc3c2CCCC3)cc1. The van der Waals surface area contributed by atoms with Crippen LogP contribution in [0.3, 0.4) is 0 Å². The van der Waals surface area contributed by atoms with Crippen LogP contribution in [0.1, 0.15) is 44.7 Å². The van der Waals surface area contributed by atoms with Crippen LogP contribution in [-0.4, -0.2) is 12.6 Å². The fourth-order valence-corrected chi connectivity index (χ4v) is 3.80. The van der Waals surface area contributed by atoms with Crippen LogP contribution in [0.5, 0.6) is 0 Å². The predicted molar refractivity (Wildman–Crippen MR) is 109 cm³/mol. The lowest BCUT2D eigenvalue weighted by molar-refractivity contribution is 0.111. The molecule has 4 rings (SSSR count). The number of aryl methyl sites for hydroxylation is 1. The van der Waals surface area contributed by atoms with Gasteiger partial charge in [0.1, 0.15) is 12.6 Å². The smallest absolute Gasteiger partial charge is 0.150 e. The zero-order valence-corrected chi connectivity index (χ0v) is 15.1. The molecule has 0 heterocycles. The number of rotatable bonds is 5. The number of fused-ring (bicyclic) bond motifs is 1. The van der Waals surface area contributed by atoms with Crippen molar-refractivity contribution in [3.63, 3.8) is 0 Å². The lowest BCUT2D eigenvalue weighted by atomic mass is 9.90. The van der Waals surface area contributed by atoms with Crippen molar-refractivity contribution >= 4 is 29.6 Å². The second-order valence-electron chi connectivity index (χ2n) is 6.88. The zero-order valence-electron chi connectivity index (χ0n) is 15.1. The highest BCUT2D eigenvalue weighted by atomic mass is 16.1. The maximum absolute atomic E-state index is 11.0. The summed E-state index contributed by atoms with van der Waals surface area (Å²) >= 11 is 0. The van der Waals surface area contributed by atoms with Crippen LogP contribution in [0, 0.1) is 0 Å². The van der Waals surface area contributed by atoms with Crippen molar-refractivity contribution in [2.45, 2.75) is 25.7 Å². The van der Waals surface area contributed by atoms with Gasteiger partial charge in [0.25, 0.3) is 0 Å². The van der Waals surface area contributed by atoms with Crippen molar-refractivity contribution in [3.8, 4) is 0 Å². The van der Waals surface area contributed by atoms with E-state index in [2.05, 4.69) is 23.1 Å². The summed E-state index contributed by atoms with van der Waals surface area (Å²) in [5.41, 5.74) is 7.29. The summed E-state index contributed by atoms with van der Waals surface area (Å²) in [4.78, 5) is 24.3. The van der Waals surface area contributed by atoms with Gasteiger partial charge in [0, 0.05) is 28.2 Å². The predicted octanol–water partition coefficient (Wildman–Crippen LogP) is 5.66. The van der Waals surface area contributed by atoms with E-state index in [0.29, 0.717) is 11.1 Å². The molecular weight excluding hydrogens is 334 g/mol. The van der Waals surface area contributed by atoms with Crippen LogP contribution in [0.4, 0.5) is 17.1 Å². The molecule has 0 fully saturated rings. The van der Waals surface area contributed by atoms with Gasteiger partial charge in [-0.1, -0.05) is 12.1 Å². The topological polar surface area (TPSA) is 37.4 Å². The molecule has 0 amide bonds. The van der Waals surface area contributed by atoms with Gasteiger partial charge in [0.05, 0.1) is 0 Å². The van der Waals surface area contributed by atoms with Crippen LogP contribution >= 0.6 is 0 Å². The normalized spacial score (nSPS) is 12.9. The Morgan fingerprint density at radius 2 is 1.22 bits per heavy atom. The maximum atomic E-state index is 11.0. The third-order valence-electron chi connectivity index (χ3n) is 5.19. The minimum absolute atomic E-state index is 0.657. The molecule has 0 aliphatic heterocycles. The Balaban J connectivity index is 1.87. The Hall–Kier alpha value is -3.20. The Labute approximate surface area is 159 Å². The molecule has 3 nitrogen and oxygen atoms in total. The van der Waals surface area contributed by atoms with Crippen molar-refractivity contribution in [3.05, 3.63) is 89.0 Å². The van der Waals surface area contributed by atoms with E-state index in [1.54, 1.807) is 0 Å². The lowest BCUT2D eigenvalue weighted by Crippen LogP contribution is -2.15. The van der Waals surface area contributed by atoms with Crippen molar-refractivity contribution in [2.24, 2.45) is 0 Å². The molecule has 0 atom stereocenters. The molecule has 1 aliphatic carbocycles. The van der Waals surface area contributed by atoms with E-state index in [-0.39, 0.29) is 0 Å². The molecule has 1 aliphatic rings. The summed E-state index contributed by atoms with van der Waals surface area (Å²) in [5, 5.41) is 0. The molecule has 0 bridgehead atoms. The largest absolute Gasteiger partial charge is 0.310 e. The first-order valence-electron chi connectivity index (χ1n) is 9.31. The molecule has 0 unspecified atom stereocenters. The van der Waals surface area contributed by atoms with Gasteiger partial charge in [-0.25, -0.2) is 0 Å². The number of hydrogen-bond donors (Lipinski definition) is 0. The van der Waals surface area contributed by atoms with Gasteiger partial charge in [0.15, 0.2) is 0 Å². The number of carbonyl (C=O) groups excluding carboxylic acids is 2. The fraction of sp³-hybridized carbons (Fsp3) is 0.167. The van der Waals surface area contributed by atoms with Crippen molar-refractivity contribution in [1.82, 2.24) is 0 Å². The van der Waals surface area contributed by atoms with Gasteiger partial charge in [-0.2, -0.15) is 0 Å². The van der Waals surface area contributed by atoms with Crippen LogP contribution in [-0.2, 0) is 12.8 Å². The first-order chi connectivity index (χ1) is 13.3. The Kier molecular flexibility index (Phi) is 4.84. The zero-order chi connectivity index (χ0) is 18.6. The standard InChI is InChI=1S/C24H21NO2/c26-16-18-8-12-21(13-9-18)25(22-14-10-19(17-27)11-15-22)24-7-3-5-20-4-1-2-6-23(20)24/h3,5,7-17H,1-2,4,6H2. The molecule has 3 aromatic rings. The van der Waals surface area contributed by atoms with Gasteiger partial charge in [-0.15, -0.1) is 0 Å². The number of anilines is 3. The number of aldehydes is 2. The van der Waals surface area contributed by atoms with Crippen LogP contribution in [0.25, 0.3) is 0 Å². The minimum Gasteiger partial charge on any atom is -0.310 e. The van der Waals surface area contributed by atoms with Crippen molar-refractivity contribution in [1.29, 1.82) is 0 Å². The molecule has 3 heteroatoms. The van der Waals surface area contributed by atoms with Crippen molar-refractivity contribution in [2.75, 3.05) is 4.90 Å². The molecule has 0 saturated heterocycles. The average molecular weight is 355 g/mol. The molecule has 134 valence electrons. The summed E-state index contributed by atoms with van der Waals surface area (Å²) in [6.07, 6.45) is 6.34. The second-order valence-corrected chi connectivity index (χ2v) is 6.88. The molecule has 0 radical (unpaired) electrons. The monoisotopic (exact) mass is 355 g/mol. The maximum Gasteiger partial charge on any atom is 0.150 e. The molecule has 0 spiro atoms. The van der Waals surface area contributed by atoms with Gasteiger partial charge in [-0.3, -0.25) is 9.59 Å². The van der Waals surface area contributed by atoms with E-state index in [0.717, 1.165) is 36.8 Å². The fourth-order valence-electron chi connectivity index (χ4n) is 3.80. The van der Waals surface area contributed by atoms with Crippen LogP contribution in [0.15, 0.2) is 66.7 Å². The van der Waals surface area contributed by atoms with Crippen LogP contribution in [0.2, 0.25) is 0 Å². The van der Waals surface area contributed by atoms with E-state index in [9.17, 15) is 9.59 Å². The number of nitrogens with zero attached hydrogens (tertiary/aromatic N) is 1. The molecule has 3 aromatic carbocycles. The first kappa shape index (κ1) is 17.2. The van der Waals surface area contributed by atoms with Gasteiger partial charge >= 0.3 is 0 Å². The second kappa shape index (κ2) is 7.58. The summed E-state index contributed by atoms with van der Waals surface area (Å²) in [6, 6.07) is 21.7. The van der Waals surface area contributed by atoms with E-state index < -0.39 is 0 Å². The molecule has 0 N–H and O–H groups in total. The van der Waals surface area contributed by atoms with Gasteiger partial charge < -0.3 is 4.90 Å². The lowest BCUT2D eigenvalue weighted by Gasteiger charge is -2.30. The summed E-state index contributed by atoms with van der Waals surface area (Å²) in [5.74, 6) is 0. The highest BCUT2D eigenvalue weighted by Gasteiger charge is 2.20. The summed E-state index contributed by atoms with van der Waals surface area (Å²) in [7, 11) is 0. The third kappa shape index (κ3) is 3.41. The number of carbonyl (C=O) groups is 2. The summed E-state index contributed by atoms with van der Waals surface area (Å²) in [6.45, 7) is 0. The van der Waals surface area contributed by atoms with E-state index >= 15 is 0 Å². The van der Waals surface area contributed by atoms with Crippen molar-refractivity contribution < 1.29 is 9.59 Å². The summed E-state index contributed by atoms with van der Waals surface area (Å²) < 4.78 is 0. The van der Waals surface area contributed by atoms with Crippen LogP contribution < -0.4 is 4.90 Å². The first-order valence-corrected chi connectivity index (χ1v) is 9.31. The van der Waals surface area contributed by atoms with E-state index in [1.807, 2.05) is 48.5 Å². The number of benzene rings is 3. The quantitative estimate of drug-likeness (QED) is 0.554. The van der Waals surface area contributed by atoms with E-state index in [4.69, 9.17) is 0 Å². The molecule has 27 heavy (non-hydrogen) atoms. The Bertz CT molecular complexity index is 907. The van der Waals surface area contributed by atoms with Gasteiger partial charge in [-0.05, 0) is 91.4 Å². The third-order valence-corrected chi connectivity index (χ3v) is 5.19. The highest BCUT2D eigenvalue weighted by molar-refractivity contribution is 5.83.